The number of benzene rings is 2. The van der Waals surface area contributed by atoms with Gasteiger partial charge in [-0.3, -0.25) is 4.79 Å². The highest BCUT2D eigenvalue weighted by Crippen LogP contribution is 2.25. The second-order valence-corrected chi connectivity index (χ2v) is 7.00. The zero-order valence-electron chi connectivity index (χ0n) is 13.3. The van der Waals surface area contributed by atoms with E-state index < -0.39 is 0 Å². The highest BCUT2D eigenvalue weighted by molar-refractivity contribution is 9.10. The molecule has 0 atom stereocenters. The number of carbonyl (C=O) groups is 1. The van der Waals surface area contributed by atoms with Gasteiger partial charge in [-0.25, -0.2) is 5.43 Å². The molecule has 126 valence electrons. The van der Waals surface area contributed by atoms with E-state index in [4.69, 9.17) is 4.74 Å². The molecule has 0 aliphatic rings. The molecule has 2 aromatic carbocycles. The zero-order chi connectivity index (χ0) is 17.4. The molecule has 0 aliphatic heterocycles. The van der Waals surface area contributed by atoms with Crippen LogP contribution < -0.4 is 10.2 Å². The topological polar surface area (TPSA) is 50.7 Å². The Balaban J connectivity index is 1.67. The van der Waals surface area contributed by atoms with Crippen molar-refractivity contribution in [1.29, 1.82) is 0 Å². The van der Waals surface area contributed by atoms with Gasteiger partial charge in [0.2, 0.25) is 5.91 Å². The standard InChI is InChI=1S/C18H18Br2N2O2/c1-13-4-9-17(16(20)11-13)24-10-2-3-18(23)22-21-12-14-5-7-15(19)8-6-14/h4-9,11-12H,2-3,10H2,1H3,(H,22,23)/b21-12+. The summed E-state index contributed by atoms with van der Waals surface area (Å²) in [6, 6.07) is 13.6. The first-order chi connectivity index (χ1) is 11.5. The summed E-state index contributed by atoms with van der Waals surface area (Å²) < 4.78 is 7.58. The largest absolute Gasteiger partial charge is 0.492 e. The van der Waals surface area contributed by atoms with Crippen LogP contribution in [0.2, 0.25) is 0 Å². The van der Waals surface area contributed by atoms with Gasteiger partial charge in [-0.2, -0.15) is 5.10 Å². The van der Waals surface area contributed by atoms with Gasteiger partial charge < -0.3 is 4.74 Å². The van der Waals surface area contributed by atoms with Crippen LogP contribution in [0.25, 0.3) is 0 Å². The van der Waals surface area contributed by atoms with Gasteiger partial charge in [0.15, 0.2) is 0 Å². The molecule has 0 radical (unpaired) electrons. The Bertz CT molecular complexity index is 715. The Labute approximate surface area is 158 Å². The van der Waals surface area contributed by atoms with Gasteiger partial charge in [0, 0.05) is 10.9 Å². The minimum atomic E-state index is -0.130. The number of hydrazone groups is 1. The summed E-state index contributed by atoms with van der Waals surface area (Å²) >= 11 is 6.83. The van der Waals surface area contributed by atoms with E-state index in [1.807, 2.05) is 49.4 Å². The molecule has 2 rings (SSSR count). The predicted molar refractivity (Wildman–Crippen MR) is 103 cm³/mol. The van der Waals surface area contributed by atoms with Crippen molar-refractivity contribution in [3.8, 4) is 5.75 Å². The number of nitrogens with zero attached hydrogens (tertiary/aromatic N) is 1. The minimum Gasteiger partial charge on any atom is -0.492 e. The molecule has 4 nitrogen and oxygen atoms in total. The summed E-state index contributed by atoms with van der Waals surface area (Å²) in [6.45, 7) is 2.50. The van der Waals surface area contributed by atoms with Gasteiger partial charge in [-0.05, 0) is 64.7 Å². The molecule has 0 spiro atoms. The van der Waals surface area contributed by atoms with Crippen molar-refractivity contribution >= 4 is 44.0 Å². The lowest BCUT2D eigenvalue weighted by atomic mass is 10.2. The van der Waals surface area contributed by atoms with Gasteiger partial charge in [0.1, 0.15) is 5.75 Å². The summed E-state index contributed by atoms with van der Waals surface area (Å²) in [6.07, 6.45) is 2.60. The molecule has 0 aromatic heterocycles. The smallest absolute Gasteiger partial charge is 0.240 e. The number of ether oxygens (including phenoxy) is 1. The van der Waals surface area contributed by atoms with Crippen LogP contribution in [-0.2, 0) is 4.79 Å². The van der Waals surface area contributed by atoms with E-state index in [1.165, 1.54) is 0 Å². The van der Waals surface area contributed by atoms with Crippen LogP contribution in [0.3, 0.4) is 0 Å². The lowest BCUT2D eigenvalue weighted by molar-refractivity contribution is -0.121. The first kappa shape index (κ1) is 18.7. The normalized spacial score (nSPS) is 10.8. The lowest BCUT2D eigenvalue weighted by Crippen LogP contribution is -2.18. The van der Waals surface area contributed by atoms with Crippen LogP contribution in [0.4, 0.5) is 0 Å². The molecule has 0 saturated carbocycles. The molecular weight excluding hydrogens is 436 g/mol. The lowest BCUT2D eigenvalue weighted by Gasteiger charge is -2.08. The fraction of sp³-hybridized carbons (Fsp3) is 0.222. The number of aryl methyl sites for hydroxylation is 1. The first-order valence-electron chi connectivity index (χ1n) is 7.51. The Hall–Kier alpha value is -1.66. The number of carbonyl (C=O) groups excluding carboxylic acids is 1. The molecule has 2 aromatic rings. The molecule has 1 amide bonds. The molecule has 0 saturated heterocycles. The molecule has 24 heavy (non-hydrogen) atoms. The van der Waals surface area contributed by atoms with E-state index in [0.29, 0.717) is 19.4 Å². The van der Waals surface area contributed by atoms with Crippen LogP contribution in [-0.4, -0.2) is 18.7 Å². The van der Waals surface area contributed by atoms with E-state index >= 15 is 0 Å². The van der Waals surface area contributed by atoms with Crippen molar-refractivity contribution in [2.75, 3.05) is 6.61 Å². The predicted octanol–water partition coefficient (Wildman–Crippen LogP) is 4.83. The molecule has 0 heterocycles. The SMILES string of the molecule is Cc1ccc(OCCCC(=O)N/N=C/c2ccc(Br)cc2)c(Br)c1. The van der Waals surface area contributed by atoms with Crippen molar-refractivity contribution < 1.29 is 9.53 Å². The van der Waals surface area contributed by atoms with Crippen LogP contribution in [0.15, 0.2) is 56.5 Å². The number of hydrogen-bond donors (Lipinski definition) is 1. The number of hydrogen-bond acceptors (Lipinski definition) is 3. The van der Waals surface area contributed by atoms with Crippen LogP contribution in [0.5, 0.6) is 5.75 Å². The summed E-state index contributed by atoms with van der Waals surface area (Å²) in [5.41, 5.74) is 4.60. The molecule has 0 bridgehead atoms. The molecule has 0 aliphatic carbocycles. The van der Waals surface area contributed by atoms with E-state index in [0.717, 1.165) is 25.8 Å². The third-order valence-corrected chi connectivity index (χ3v) is 4.31. The number of halogens is 2. The van der Waals surface area contributed by atoms with E-state index in [-0.39, 0.29) is 5.91 Å². The Kier molecular flexibility index (Phi) is 7.46. The third-order valence-electron chi connectivity index (χ3n) is 3.17. The van der Waals surface area contributed by atoms with Crippen LogP contribution >= 0.6 is 31.9 Å². The zero-order valence-corrected chi connectivity index (χ0v) is 16.4. The highest BCUT2D eigenvalue weighted by Gasteiger charge is 2.03. The second-order valence-electron chi connectivity index (χ2n) is 5.23. The minimum absolute atomic E-state index is 0.130. The van der Waals surface area contributed by atoms with Gasteiger partial charge in [0.25, 0.3) is 0 Å². The van der Waals surface area contributed by atoms with E-state index in [2.05, 4.69) is 42.4 Å². The molecule has 0 unspecified atom stereocenters. The molecule has 0 fully saturated rings. The summed E-state index contributed by atoms with van der Waals surface area (Å²) in [7, 11) is 0. The first-order valence-corrected chi connectivity index (χ1v) is 9.09. The van der Waals surface area contributed by atoms with Gasteiger partial charge in [0.05, 0.1) is 17.3 Å². The third kappa shape index (κ3) is 6.45. The van der Waals surface area contributed by atoms with Gasteiger partial charge in [-0.1, -0.05) is 34.1 Å². The van der Waals surface area contributed by atoms with Crippen molar-refractivity contribution in [2.45, 2.75) is 19.8 Å². The summed E-state index contributed by atoms with van der Waals surface area (Å²) in [5.74, 6) is 0.657. The Morgan fingerprint density at radius 3 is 2.67 bits per heavy atom. The molecular formula is C18H18Br2N2O2. The molecule has 6 heteroatoms. The average molecular weight is 454 g/mol. The number of nitrogens with one attached hydrogen (secondary N) is 1. The second kappa shape index (κ2) is 9.59. The van der Waals surface area contributed by atoms with Gasteiger partial charge in [-0.15, -0.1) is 0 Å². The van der Waals surface area contributed by atoms with Crippen molar-refractivity contribution in [3.05, 3.63) is 62.5 Å². The summed E-state index contributed by atoms with van der Waals surface area (Å²) in [4.78, 5) is 11.7. The number of amides is 1. The fourth-order valence-electron chi connectivity index (χ4n) is 1.92. The van der Waals surface area contributed by atoms with Crippen LogP contribution in [0, 0.1) is 6.92 Å². The maximum Gasteiger partial charge on any atom is 0.240 e. The Morgan fingerprint density at radius 1 is 1.21 bits per heavy atom. The maximum atomic E-state index is 11.7. The highest BCUT2D eigenvalue weighted by atomic mass is 79.9. The average Bonchev–Trinajstić information content (AvgIpc) is 2.55. The van der Waals surface area contributed by atoms with Gasteiger partial charge >= 0.3 is 0 Å². The maximum absolute atomic E-state index is 11.7. The quantitative estimate of drug-likeness (QED) is 0.370. The fourth-order valence-corrected chi connectivity index (χ4v) is 2.79. The van der Waals surface area contributed by atoms with E-state index in [1.54, 1.807) is 6.21 Å². The van der Waals surface area contributed by atoms with Crippen LogP contribution in [0.1, 0.15) is 24.0 Å². The van der Waals surface area contributed by atoms with Crippen molar-refractivity contribution in [1.82, 2.24) is 5.43 Å². The monoisotopic (exact) mass is 452 g/mol. The van der Waals surface area contributed by atoms with Crippen molar-refractivity contribution in [2.24, 2.45) is 5.10 Å². The number of rotatable bonds is 7. The van der Waals surface area contributed by atoms with Crippen molar-refractivity contribution in [3.63, 3.8) is 0 Å². The summed E-state index contributed by atoms with van der Waals surface area (Å²) in [5, 5.41) is 3.94. The van der Waals surface area contributed by atoms with E-state index in [9.17, 15) is 4.79 Å². The molecule has 1 N–H and O–H groups in total. The Morgan fingerprint density at radius 2 is 1.96 bits per heavy atom.